The molecule has 0 bridgehead atoms. The van der Waals surface area contributed by atoms with Gasteiger partial charge in [-0.05, 0) is 43.0 Å². The maximum absolute atomic E-state index is 11.6. The van der Waals surface area contributed by atoms with Gasteiger partial charge in [-0.3, -0.25) is 4.79 Å². The second kappa shape index (κ2) is 9.77. The molecule has 2 N–H and O–H groups in total. The van der Waals surface area contributed by atoms with Crippen LogP contribution in [0, 0.1) is 5.92 Å². The van der Waals surface area contributed by atoms with Crippen molar-refractivity contribution in [1.29, 1.82) is 0 Å². The van der Waals surface area contributed by atoms with Crippen LogP contribution in [0.3, 0.4) is 0 Å². The zero-order valence-corrected chi connectivity index (χ0v) is 13.4. The van der Waals surface area contributed by atoms with Crippen LogP contribution in [0.2, 0.25) is 0 Å². The highest BCUT2D eigenvalue weighted by molar-refractivity contribution is 9.10. The van der Waals surface area contributed by atoms with Crippen LogP contribution >= 0.6 is 15.9 Å². The van der Waals surface area contributed by atoms with Crippen molar-refractivity contribution in [3.63, 3.8) is 0 Å². The minimum absolute atomic E-state index is 0.0363. The maximum Gasteiger partial charge on any atom is 0.220 e. The second-order valence-electron chi connectivity index (χ2n) is 4.83. The molecule has 1 unspecified atom stereocenters. The van der Waals surface area contributed by atoms with Gasteiger partial charge in [0, 0.05) is 24.0 Å². The van der Waals surface area contributed by atoms with Gasteiger partial charge in [0.25, 0.3) is 0 Å². The molecule has 1 aromatic carbocycles. The molecular weight excluding hydrogens is 322 g/mol. The number of aliphatic hydroxyl groups is 1. The van der Waals surface area contributed by atoms with Gasteiger partial charge in [0.1, 0.15) is 5.75 Å². The van der Waals surface area contributed by atoms with Crippen molar-refractivity contribution in [2.45, 2.75) is 26.2 Å². The lowest BCUT2D eigenvalue weighted by Gasteiger charge is -2.11. The number of rotatable bonds is 9. The van der Waals surface area contributed by atoms with E-state index in [1.807, 2.05) is 31.2 Å². The molecule has 0 radical (unpaired) electrons. The molecule has 0 fully saturated rings. The van der Waals surface area contributed by atoms with Gasteiger partial charge in [-0.2, -0.15) is 0 Å². The smallest absolute Gasteiger partial charge is 0.220 e. The van der Waals surface area contributed by atoms with Gasteiger partial charge in [0.05, 0.1) is 6.61 Å². The third-order valence-electron chi connectivity index (χ3n) is 2.90. The number of ether oxygens (including phenoxy) is 1. The van der Waals surface area contributed by atoms with E-state index in [2.05, 4.69) is 21.2 Å². The van der Waals surface area contributed by atoms with Crippen molar-refractivity contribution < 1.29 is 14.6 Å². The van der Waals surface area contributed by atoms with Gasteiger partial charge < -0.3 is 15.2 Å². The number of benzene rings is 1. The van der Waals surface area contributed by atoms with E-state index in [-0.39, 0.29) is 12.5 Å². The second-order valence-corrected chi connectivity index (χ2v) is 5.74. The Kier molecular flexibility index (Phi) is 8.30. The molecule has 1 atom stereocenters. The molecule has 0 aliphatic carbocycles. The summed E-state index contributed by atoms with van der Waals surface area (Å²) in [5, 5.41) is 11.6. The fraction of sp³-hybridized carbons (Fsp3) is 0.533. The number of hydrogen-bond donors (Lipinski definition) is 2. The first-order valence-corrected chi connectivity index (χ1v) is 7.67. The van der Waals surface area contributed by atoms with Crippen LogP contribution in [0.1, 0.15) is 26.2 Å². The Hall–Kier alpha value is -1.07. The van der Waals surface area contributed by atoms with E-state index in [4.69, 9.17) is 9.84 Å². The van der Waals surface area contributed by atoms with Gasteiger partial charge in [-0.15, -0.1) is 0 Å². The topological polar surface area (TPSA) is 58.6 Å². The van der Waals surface area contributed by atoms with Crippen LogP contribution in [0.25, 0.3) is 0 Å². The van der Waals surface area contributed by atoms with Gasteiger partial charge in [-0.1, -0.05) is 22.9 Å². The first kappa shape index (κ1) is 17.0. The maximum atomic E-state index is 11.6. The van der Waals surface area contributed by atoms with Gasteiger partial charge >= 0.3 is 0 Å². The predicted octanol–water partition coefficient (Wildman–Crippen LogP) is 2.74. The fourth-order valence-corrected chi connectivity index (χ4v) is 1.92. The number of nitrogens with one attached hydrogen (secondary N) is 1. The average molecular weight is 344 g/mol. The first-order chi connectivity index (χ1) is 9.61. The Labute approximate surface area is 128 Å². The van der Waals surface area contributed by atoms with Crippen molar-refractivity contribution in [3.05, 3.63) is 28.7 Å². The molecule has 4 nitrogen and oxygen atoms in total. The Balaban J connectivity index is 2.08. The van der Waals surface area contributed by atoms with E-state index < -0.39 is 0 Å². The summed E-state index contributed by atoms with van der Waals surface area (Å²) in [7, 11) is 0. The summed E-state index contributed by atoms with van der Waals surface area (Å²) in [6.07, 6.45) is 1.87. The number of carbonyl (C=O) groups excluding carboxylic acids is 1. The third-order valence-corrected chi connectivity index (χ3v) is 3.43. The van der Waals surface area contributed by atoms with E-state index in [1.165, 1.54) is 0 Å². The average Bonchev–Trinajstić information content (AvgIpc) is 2.43. The number of hydrogen-bond acceptors (Lipinski definition) is 3. The van der Waals surface area contributed by atoms with Gasteiger partial charge in [-0.25, -0.2) is 0 Å². The Morgan fingerprint density at radius 1 is 1.40 bits per heavy atom. The van der Waals surface area contributed by atoms with E-state index in [0.717, 1.165) is 10.2 Å². The van der Waals surface area contributed by atoms with E-state index in [9.17, 15) is 4.79 Å². The zero-order chi connectivity index (χ0) is 14.8. The lowest BCUT2D eigenvalue weighted by atomic mass is 10.1. The molecule has 1 amide bonds. The van der Waals surface area contributed by atoms with E-state index >= 15 is 0 Å². The van der Waals surface area contributed by atoms with Crippen molar-refractivity contribution in [2.75, 3.05) is 19.8 Å². The number of aliphatic hydroxyl groups excluding tert-OH is 1. The zero-order valence-electron chi connectivity index (χ0n) is 11.8. The monoisotopic (exact) mass is 343 g/mol. The minimum atomic E-state index is 0.0363. The number of halogens is 1. The van der Waals surface area contributed by atoms with Crippen molar-refractivity contribution >= 4 is 21.8 Å². The molecule has 0 aliphatic rings. The molecule has 0 saturated heterocycles. The largest absolute Gasteiger partial charge is 0.494 e. The lowest BCUT2D eigenvalue weighted by molar-refractivity contribution is -0.121. The highest BCUT2D eigenvalue weighted by Gasteiger charge is 2.05. The van der Waals surface area contributed by atoms with Crippen LogP contribution < -0.4 is 10.1 Å². The standard InChI is InChI=1S/C15H22BrNO3/c1-12(8-9-18)11-17-15(19)3-2-10-20-14-6-4-13(16)5-7-14/h4-7,12,18H,2-3,8-11H2,1H3,(H,17,19). The SMILES string of the molecule is CC(CCO)CNC(=O)CCCOc1ccc(Br)cc1. The third kappa shape index (κ3) is 7.50. The van der Waals surface area contributed by atoms with Crippen LogP contribution in [0.4, 0.5) is 0 Å². The summed E-state index contributed by atoms with van der Waals surface area (Å²) in [6, 6.07) is 7.62. The summed E-state index contributed by atoms with van der Waals surface area (Å²) in [5.41, 5.74) is 0. The quantitative estimate of drug-likeness (QED) is 0.678. The van der Waals surface area contributed by atoms with Crippen LogP contribution in [0.15, 0.2) is 28.7 Å². The molecule has 0 aromatic heterocycles. The molecule has 0 saturated carbocycles. The van der Waals surface area contributed by atoms with Crippen molar-refractivity contribution in [3.8, 4) is 5.75 Å². The summed E-state index contributed by atoms with van der Waals surface area (Å²) >= 11 is 3.36. The van der Waals surface area contributed by atoms with Crippen molar-refractivity contribution in [2.24, 2.45) is 5.92 Å². The summed E-state index contributed by atoms with van der Waals surface area (Å²) in [4.78, 5) is 11.6. The summed E-state index contributed by atoms with van der Waals surface area (Å²) in [5.74, 6) is 1.15. The van der Waals surface area contributed by atoms with Gasteiger partial charge in [0.2, 0.25) is 5.91 Å². The molecule has 20 heavy (non-hydrogen) atoms. The van der Waals surface area contributed by atoms with E-state index in [1.54, 1.807) is 0 Å². The molecule has 112 valence electrons. The van der Waals surface area contributed by atoms with Crippen LogP contribution in [-0.2, 0) is 4.79 Å². The Morgan fingerprint density at radius 2 is 2.10 bits per heavy atom. The first-order valence-electron chi connectivity index (χ1n) is 6.87. The summed E-state index contributed by atoms with van der Waals surface area (Å²) < 4.78 is 6.56. The highest BCUT2D eigenvalue weighted by atomic mass is 79.9. The van der Waals surface area contributed by atoms with Gasteiger partial charge in [0.15, 0.2) is 0 Å². The number of carbonyl (C=O) groups is 1. The Bertz CT molecular complexity index is 395. The predicted molar refractivity (Wildman–Crippen MR) is 82.7 cm³/mol. The van der Waals surface area contributed by atoms with Crippen LogP contribution in [0.5, 0.6) is 5.75 Å². The molecule has 0 spiro atoms. The molecule has 1 rings (SSSR count). The molecule has 1 aromatic rings. The molecule has 5 heteroatoms. The number of amides is 1. The highest BCUT2D eigenvalue weighted by Crippen LogP contribution is 2.16. The minimum Gasteiger partial charge on any atom is -0.494 e. The summed E-state index contributed by atoms with van der Waals surface area (Å²) in [6.45, 7) is 3.32. The normalized spacial score (nSPS) is 11.9. The molecule has 0 aliphatic heterocycles. The molecule has 0 heterocycles. The van der Waals surface area contributed by atoms with E-state index in [0.29, 0.717) is 38.3 Å². The fourth-order valence-electron chi connectivity index (χ4n) is 1.65. The van der Waals surface area contributed by atoms with Crippen LogP contribution in [-0.4, -0.2) is 30.8 Å². The lowest BCUT2D eigenvalue weighted by Crippen LogP contribution is -2.28. The van der Waals surface area contributed by atoms with Crippen molar-refractivity contribution in [1.82, 2.24) is 5.32 Å². The Morgan fingerprint density at radius 3 is 2.75 bits per heavy atom. The molecular formula is C15H22BrNO3.